The lowest BCUT2D eigenvalue weighted by Gasteiger charge is -2.39. The van der Waals surface area contributed by atoms with Gasteiger partial charge in [0.2, 0.25) is 12.7 Å². The van der Waals surface area contributed by atoms with Crippen molar-refractivity contribution in [3.63, 3.8) is 0 Å². The van der Waals surface area contributed by atoms with Gasteiger partial charge in [0.05, 0.1) is 0 Å². The first-order valence-electron chi connectivity index (χ1n) is 10.9. The van der Waals surface area contributed by atoms with Crippen molar-refractivity contribution in [3.8, 4) is 11.5 Å². The van der Waals surface area contributed by atoms with Crippen molar-refractivity contribution in [2.75, 3.05) is 25.2 Å². The fraction of sp³-hybridized carbons (Fsp3) is 0.480. The van der Waals surface area contributed by atoms with Crippen molar-refractivity contribution >= 4 is 11.6 Å². The van der Waals surface area contributed by atoms with Gasteiger partial charge >= 0.3 is 0 Å². The second-order valence-electron chi connectivity index (χ2n) is 9.18. The number of hydrogen-bond donors (Lipinski definition) is 1. The summed E-state index contributed by atoms with van der Waals surface area (Å²) in [7, 11) is 0. The van der Waals surface area contributed by atoms with E-state index in [-0.39, 0.29) is 18.7 Å². The highest BCUT2D eigenvalue weighted by Gasteiger charge is 2.34. The number of fused-ring (bicyclic) bond motifs is 1. The Morgan fingerprint density at radius 3 is 2.27 bits per heavy atom. The molecule has 5 nitrogen and oxygen atoms in total. The number of nitrogens with one attached hydrogen (secondary N) is 1. The van der Waals surface area contributed by atoms with Crippen molar-refractivity contribution in [2.45, 2.75) is 46.1 Å². The smallest absolute Gasteiger partial charge is 0.246 e. The molecule has 3 atom stereocenters. The lowest BCUT2D eigenvalue weighted by atomic mass is 9.89. The van der Waals surface area contributed by atoms with Crippen LogP contribution in [0.1, 0.15) is 57.2 Å². The zero-order valence-corrected chi connectivity index (χ0v) is 18.4. The molecule has 1 N–H and O–H groups in total. The number of nitrogens with zero attached hydrogens (tertiary/aromatic N) is 1. The number of carbonyl (C=O) groups excluding carboxylic acids is 1. The van der Waals surface area contributed by atoms with E-state index in [1.807, 2.05) is 30.3 Å². The van der Waals surface area contributed by atoms with Crippen LogP contribution in [0.2, 0.25) is 0 Å². The number of hydrogen-bond acceptors (Lipinski definition) is 4. The number of carbonyl (C=O) groups is 1. The van der Waals surface area contributed by atoms with Crippen LogP contribution in [0.3, 0.4) is 0 Å². The molecule has 2 aromatic rings. The average molecular weight is 409 g/mol. The normalized spacial score (nSPS) is 22.2. The third kappa shape index (κ3) is 4.46. The first kappa shape index (κ1) is 20.7. The van der Waals surface area contributed by atoms with E-state index < -0.39 is 0 Å². The zero-order chi connectivity index (χ0) is 21.3. The van der Waals surface area contributed by atoms with E-state index in [4.69, 9.17) is 9.47 Å². The second-order valence-corrected chi connectivity index (χ2v) is 9.18. The summed E-state index contributed by atoms with van der Waals surface area (Å²) >= 11 is 0. The van der Waals surface area contributed by atoms with Gasteiger partial charge in [0.25, 0.3) is 0 Å². The lowest BCUT2D eigenvalue weighted by Crippen LogP contribution is -2.45. The molecule has 2 heterocycles. The van der Waals surface area contributed by atoms with E-state index >= 15 is 0 Å². The largest absolute Gasteiger partial charge is 0.454 e. The summed E-state index contributed by atoms with van der Waals surface area (Å²) in [5, 5.41) is 3.15. The van der Waals surface area contributed by atoms with Crippen molar-refractivity contribution in [1.29, 1.82) is 0 Å². The number of ether oxygens (including phenoxy) is 2. The molecule has 0 radical (unpaired) electrons. The van der Waals surface area contributed by atoms with Crippen LogP contribution >= 0.6 is 0 Å². The number of amides is 1. The monoisotopic (exact) mass is 408 g/mol. The maximum atomic E-state index is 13.5. The van der Waals surface area contributed by atoms with Gasteiger partial charge in [0.1, 0.15) is 6.04 Å². The summed E-state index contributed by atoms with van der Waals surface area (Å²) in [6, 6.07) is 13.6. The summed E-state index contributed by atoms with van der Waals surface area (Å²) in [6.45, 7) is 10.9. The van der Waals surface area contributed by atoms with Gasteiger partial charge in [-0.25, -0.2) is 0 Å². The highest BCUT2D eigenvalue weighted by Crippen LogP contribution is 2.37. The van der Waals surface area contributed by atoms with E-state index in [0.717, 1.165) is 30.1 Å². The second kappa shape index (κ2) is 8.68. The summed E-state index contributed by atoms with van der Waals surface area (Å²) in [5.74, 6) is 3.03. The Bertz CT molecular complexity index is 884. The van der Waals surface area contributed by atoms with Gasteiger partial charge in [0.15, 0.2) is 11.5 Å². The fourth-order valence-corrected chi connectivity index (χ4v) is 4.70. The molecule has 2 aliphatic heterocycles. The molecule has 0 bridgehead atoms. The minimum atomic E-state index is -0.366. The van der Waals surface area contributed by atoms with Crippen LogP contribution in [-0.2, 0) is 4.79 Å². The van der Waals surface area contributed by atoms with E-state index in [0.29, 0.717) is 23.5 Å². The summed E-state index contributed by atoms with van der Waals surface area (Å²) in [4.78, 5) is 15.8. The quantitative estimate of drug-likeness (QED) is 0.739. The van der Waals surface area contributed by atoms with Crippen LogP contribution in [0.5, 0.6) is 11.5 Å². The number of likely N-dealkylation sites (tertiary alicyclic amines) is 1. The molecule has 1 saturated heterocycles. The fourth-order valence-electron chi connectivity index (χ4n) is 4.70. The molecule has 2 aromatic carbocycles. The Labute approximate surface area is 179 Å². The summed E-state index contributed by atoms with van der Waals surface area (Å²) < 4.78 is 11.0. The molecule has 0 unspecified atom stereocenters. The van der Waals surface area contributed by atoms with Crippen molar-refractivity contribution in [3.05, 3.63) is 53.6 Å². The minimum absolute atomic E-state index is 0.00698. The summed E-state index contributed by atoms with van der Waals surface area (Å²) in [5.41, 5.74) is 3.03. The molecule has 0 aromatic heterocycles. The minimum Gasteiger partial charge on any atom is -0.454 e. The summed E-state index contributed by atoms with van der Waals surface area (Å²) in [6.07, 6.45) is 1.20. The van der Waals surface area contributed by atoms with Crippen LogP contribution < -0.4 is 14.8 Å². The first-order valence-corrected chi connectivity index (χ1v) is 10.9. The van der Waals surface area contributed by atoms with Gasteiger partial charge in [-0.3, -0.25) is 9.69 Å². The van der Waals surface area contributed by atoms with Crippen LogP contribution in [0.4, 0.5) is 5.69 Å². The van der Waals surface area contributed by atoms with Crippen LogP contribution in [-0.4, -0.2) is 30.7 Å². The topological polar surface area (TPSA) is 50.8 Å². The van der Waals surface area contributed by atoms with Gasteiger partial charge in [-0.2, -0.15) is 0 Å². The van der Waals surface area contributed by atoms with E-state index in [9.17, 15) is 4.79 Å². The Balaban J connectivity index is 1.61. The Morgan fingerprint density at radius 1 is 0.967 bits per heavy atom. The zero-order valence-electron chi connectivity index (χ0n) is 18.4. The Kier molecular flexibility index (Phi) is 6.00. The molecule has 5 heteroatoms. The van der Waals surface area contributed by atoms with Gasteiger partial charge in [0, 0.05) is 18.8 Å². The number of anilines is 1. The lowest BCUT2D eigenvalue weighted by molar-refractivity contribution is -0.122. The van der Waals surface area contributed by atoms with Crippen LogP contribution in [0.25, 0.3) is 0 Å². The third-order valence-corrected chi connectivity index (χ3v) is 6.07. The Hall–Kier alpha value is -2.53. The molecule has 160 valence electrons. The van der Waals surface area contributed by atoms with Gasteiger partial charge in [-0.1, -0.05) is 45.9 Å². The molecular formula is C25H32N2O3. The number of benzene rings is 2. The third-order valence-electron chi connectivity index (χ3n) is 6.07. The number of piperidine rings is 1. The SMILES string of the molecule is CC(C)c1ccc(NC(=O)[C@H](c2ccc3c(c2)OCO3)N2C[C@H](C)C[C@@H](C)C2)cc1. The molecule has 4 rings (SSSR count). The van der Waals surface area contributed by atoms with Gasteiger partial charge < -0.3 is 14.8 Å². The highest BCUT2D eigenvalue weighted by atomic mass is 16.7. The maximum Gasteiger partial charge on any atom is 0.246 e. The van der Waals surface area contributed by atoms with E-state index in [1.54, 1.807) is 0 Å². The van der Waals surface area contributed by atoms with E-state index in [1.165, 1.54) is 12.0 Å². The molecule has 0 saturated carbocycles. The standard InChI is InChI=1S/C25H32N2O3/c1-16(2)19-5-8-21(9-6-19)26-25(28)24(27-13-17(3)11-18(4)14-27)20-7-10-22-23(12-20)30-15-29-22/h5-10,12,16-18,24H,11,13-15H2,1-4H3,(H,26,28)/t17-,18-,24+/m1/s1. The van der Waals surface area contributed by atoms with E-state index in [2.05, 4.69) is 50.0 Å². The molecule has 0 aliphatic carbocycles. The molecule has 1 fully saturated rings. The van der Waals surface area contributed by atoms with Gasteiger partial charge in [-0.15, -0.1) is 0 Å². The molecule has 0 spiro atoms. The highest BCUT2D eigenvalue weighted by molar-refractivity contribution is 5.95. The van der Waals surface area contributed by atoms with Gasteiger partial charge in [-0.05, 0) is 59.6 Å². The molecule has 30 heavy (non-hydrogen) atoms. The number of rotatable bonds is 5. The van der Waals surface area contributed by atoms with Crippen molar-refractivity contribution < 1.29 is 14.3 Å². The molecule has 1 amide bonds. The van der Waals surface area contributed by atoms with Crippen LogP contribution in [0, 0.1) is 11.8 Å². The van der Waals surface area contributed by atoms with Crippen molar-refractivity contribution in [1.82, 2.24) is 4.90 Å². The first-order chi connectivity index (χ1) is 14.4. The predicted octanol–water partition coefficient (Wildman–Crippen LogP) is 5.20. The molecular weight excluding hydrogens is 376 g/mol. The predicted molar refractivity (Wildman–Crippen MR) is 119 cm³/mol. The maximum absolute atomic E-state index is 13.5. The average Bonchev–Trinajstić information content (AvgIpc) is 3.16. The van der Waals surface area contributed by atoms with Crippen LogP contribution in [0.15, 0.2) is 42.5 Å². The molecule has 2 aliphatic rings. The Morgan fingerprint density at radius 2 is 1.60 bits per heavy atom. The van der Waals surface area contributed by atoms with Crippen molar-refractivity contribution in [2.24, 2.45) is 11.8 Å².